The molecule has 0 aromatic heterocycles. The van der Waals surface area contributed by atoms with Crippen LogP contribution < -0.4 is 5.32 Å². The zero-order chi connectivity index (χ0) is 8.32. The molecular formula is C8H16N2O. The molecule has 0 atom stereocenters. The molecule has 3 heteroatoms. The van der Waals surface area contributed by atoms with Crippen LogP contribution in [0, 0.1) is 10.8 Å². The number of aliphatic hydroxyl groups is 1. The standard InChI is InChI=1S/C8H16N2O/c1-7(9)8(6-11)2-4-10-5-3-8/h9-11H,2-6H2,1H3. The van der Waals surface area contributed by atoms with Gasteiger partial charge in [-0.1, -0.05) is 0 Å². The van der Waals surface area contributed by atoms with Gasteiger partial charge in [-0.2, -0.15) is 0 Å². The van der Waals surface area contributed by atoms with Gasteiger partial charge < -0.3 is 15.8 Å². The number of piperidine rings is 1. The predicted molar refractivity (Wildman–Crippen MR) is 45.0 cm³/mol. The SMILES string of the molecule is CC(=N)C1(CO)CCNCC1. The Bertz CT molecular complexity index is 150. The highest BCUT2D eigenvalue weighted by atomic mass is 16.3. The lowest BCUT2D eigenvalue weighted by molar-refractivity contribution is 0.149. The van der Waals surface area contributed by atoms with Crippen molar-refractivity contribution in [1.82, 2.24) is 5.32 Å². The summed E-state index contributed by atoms with van der Waals surface area (Å²) in [4.78, 5) is 0. The summed E-state index contributed by atoms with van der Waals surface area (Å²) in [6, 6.07) is 0. The Hall–Kier alpha value is -0.410. The van der Waals surface area contributed by atoms with Crippen molar-refractivity contribution in [1.29, 1.82) is 5.41 Å². The third kappa shape index (κ3) is 1.60. The number of aliphatic hydroxyl groups excluding tert-OH is 1. The van der Waals surface area contributed by atoms with Crippen LogP contribution in [0.5, 0.6) is 0 Å². The lowest BCUT2D eigenvalue weighted by atomic mass is 9.76. The molecule has 1 fully saturated rings. The van der Waals surface area contributed by atoms with Gasteiger partial charge in [0, 0.05) is 11.1 Å². The van der Waals surface area contributed by atoms with Crippen LogP contribution in [0.15, 0.2) is 0 Å². The molecule has 1 aliphatic rings. The van der Waals surface area contributed by atoms with Crippen molar-refractivity contribution in [2.24, 2.45) is 5.41 Å². The molecule has 0 bridgehead atoms. The van der Waals surface area contributed by atoms with E-state index in [0.717, 1.165) is 25.9 Å². The number of hydrogen-bond acceptors (Lipinski definition) is 3. The van der Waals surface area contributed by atoms with Crippen LogP contribution in [0.25, 0.3) is 0 Å². The van der Waals surface area contributed by atoms with E-state index in [0.29, 0.717) is 5.71 Å². The summed E-state index contributed by atoms with van der Waals surface area (Å²) in [7, 11) is 0. The van der Waals surface area contributed by atoms with Crippen molar-refractivity contribution in [3.05, 3.63) is 0 Å². The van der Waals surface area contributed by atoms with E-state index in [1.165, 1.54) is 0 Å². The van der Waals surface area contributed by atoms with Gasteiger partial charge in [0.25, 0.3) is 0 Å². The molecule has 1 aliphatic heterocycles. The molecule has 64 valence electrons. The molecule has 1 rings (SSSR count). The van der Waals surface area contributed by atoms with E-state index >= 15 is 0 Å². The van der Waals surface area contributed by atoms with Gasteiger partial charge in [-0.25, -0.2) is 0 Å². The molecule has 0 aromatic rings. The van der Waals surface area contributed by atoms with E-state index in [2.05, 4.69) is 5.32 Å². The fourth-order valence-corrected chi connectivity index (χ4v) is 1.56. The fraction of sp³-hybridized carbons (Fsp3) is 0.875. The van der Waals surface area contributed by atoms with Crippen molar-refractivity contribution < 1.29 is 5.11 Å². The largest absolute Gasteiger partial charge is 0.395 e. The van der Waals surface area contributed by atoms with Gasteiger partial charge in [0.05, 0.1) is 6.61 Å². The van der Waals surface area contributed by atoms with Gasteiger partial charge in [-0.3, -0.25) is 0 Å². The number of rotatable bonds is 2. The van der Waals surface area contributed by atoms with Gasteiger partial charge in [-0.05, 0) is 32.9 Å². The second kappa shape index (κ2) is 3.32. The fourth-order valence-electron chi connectivity index (χ4n) is 1.56. The first kappa shape index (κ1) is 8.68. The van der Waals surface area contributed by atoms with Gasteiger partial charge in [-0.15, -0.1) is 0 Å². The van der Waals surface area contributed by atoms with Crippen LogP contribution in [0.3, 0.4) is 0 Å². The predicted octanol–water partition coefficient (Wildman–Crippen LogP) is 0.388. The first-order chi connectivity index (χ1) is 5.21. The molecule has 0 radical (unpaired) electrons. The number of nitrogens with one attached hydrogen (secondary N) is 2. The van der Waals surface area contributed by atoms with Crippen molar-refractivity contribution in [3.8, 4) is 0 Å². The smallest absolute Gasteiger partial charge is 0.0540 e. The topological polar surface area (TPSA) is 56.1 Å². The first-order valence-electron chi connectivity index (χ1n) is 4.08. The zero-order valence-electron chi connectivity index (χ0n) is 6.98. The Labute approximate surface area is 67.3 Å². The van der Waals surface area contributed by atoms with Crippen LogP contribution in [-0.4, -0.2) is 30.5 Å². The highest BCUT2D eigenvalue weighted by Crippen LogP contribution is 2.28. The highest BCUT2D eigenvalue weighted by Gasteiger charge is 2.33. The van der Waals surface area contributed by atoms with Gasteiger partial charge >= 0.3 is 0 Å². The van der Waals surface area contributed by atoms with Gasteiger partial charge in [0.15, 0.2) is 0 Å². The molecule has 3 N–H and O–H groups in total. The van der Waals surface area contributed by atoms with Crippen molar-refractivity contribution >= 4 is 5.71 Å². The molecule has 0 aliphatic carbocycles. The lowest BCUT2D eigenvalue weighted by Gasteiger charge is -2.35. The number of hydrogen-bond donors (Lipinski definition) is 3. The molecule has 11 heavy (non-hydrogen) atoms. The minimum absolute atomic E-state index is 0.129. The van der Waals surface area contributed by atoms with Crippen LogP contribution in [0.2, 0.25) is 0 Å². The summed E-state index contributed by atoms with van der Waals surface area (Å²) < 4.78 is 0. The Kier molecular flexibility index (Phi) is 2.62. The second-order valence-electron chi connectivity index (χ2n) is 3.31. The van der Waals surface area contributed by atoms with E-state index in [1.54, 1.807) is 6.92 Å². The minimum Gasteiger partial charge on any atom is -0.395 e. The maximum Gasteiger partial charge on any atom is 0.0540 e. The Morgan fingerprint density at radius 2 is 2.09 bits per heavy atom. The third-order valence-electron chi connectivity index (χ3n) is 2.66. The summed E-state index contributed by atoms with van der Waals surface area (Å²) in [5.74, 6) is 0. The average molecular weight is 156 g/mol. The van der Waals surface area contributed by atoms with E-state index in [9.17, 15) is 0 Å². The van der Waals surface area contributed by atoms with E-state index in [1.807, 2.05) is 0 Å². The first-order valence-corrected chi connectivity index (χ1v) is 4.08. The molecule has 0 amide bonds. The molecule has 3 nitrogen and oxygen atoms in total. The summed E-state index contributed by atoms with van der Waals surface area (Å²) >= 11 is 0. The molecule has 0 unspecified atom stereocenters. The van der Waals surface area contributed by atoms with E-state index in [-0.39, 0.29) is 12.0 Å². The summed E-state index contributed by atoms with van der Waals surface area (Å²) in [5, 5.41) is 19.9. The van der Waals surface area contributed by atoms with Crippen molar-refractivity contribution in [2.75, 3.05) is 19.7 Å². The summed E-state index contributed by atoms with van der Waals surface area (Å²) in [6.07, 6.45) is 1.80. The Morgan fingerprint density at radius 3 is 2.36 bits per heavy atom. The van der Waals surface area contributed by atoms with Gasteiger partial charge in [0.1, 0.15) is 0 Å². The van der Waals surface area contributed by atoms with Crippen LogP contribution in [0.1, 0.15) is 19.8 Å². The third-order valence-corrected chi connectivity index (χ3v) is 2.66. The van der Waals surface area contributed by atoms with Crippen LogP contribution in [-0.2, 0) is 0 Å². The van der Waals surface area contributed by atoms with Crippen LogP contribution in [0.4, 0.5) is 0 Å². The highest BCUT2D eigenvalue weighted by molar-refractivity contribution is 5.85. The summed E-state index contributed by atoms with van der Waals surface area (Å²) in [5.41, 5.74) is 0.423. The quantitative estimate of drug-likeness (QED) is 0.506. The normalized spacial score (nSPS) is 23.1. The molecule has 1 heterocycles. The Morgan fingerprint density at radius 1 is 1.55 bits per heavy atom. The van der Waals surface area contributed by atoms with Crippen molar-refractivity contribution in [3.63, 3.8) is 0 Å². The zero-order valence-corrected chi connectivity index (χ0v) is 6.98. The second-order valence-corrected chi connectivity index (χ2v) is 3.31. The molecule has 0 spiro atoms. The summed E-state index contributed by atoms with van der Waals surface area (Å²) in [6.45, 7) is 3.78. The average Bonchev–Trinajstić information content (AvgIpc) is 2.05. The van der Waals surface area contributed by atoms with Crippen molar-refractivity contribution in [2.45, 2.75) is 19.8 Å². The van der Waals surface area contributed by atoms with E-state index < -0.39 is 0 Å². The molecular weight excluding hydrogens is 140 g/mol. The Balaban J connectivity index is 2.64. The molecule has 0 aromatic carbocycles. The van der Waals surface area contributed by atoms with E-state index in [4.69, 9.17) is 10.5 Å². The monoisotopic (exact) mass is 156 g/mol. The molecule has 0 saturated carbocycles. The maximum absolute atomic E-state index is 9.14. The maximum atomic E-state index is 9.14. The molecule has 1 saturated heterocycles. The van der Waals surface area contributed by atoms with Crippen LogP contribution >= 0.6 is 0 Å². The lowest BCUT2D eigenvalue weighted by Crippen LogP contribution is -2.43. The minimum atomic E-state index is -0.203. The van der Waals surface area contributed by atoms with Gasteiger partial charge in [0.2, 0.25) is 0 Å².